The Morgan fingerprint density at radius 1 is 1.37 bits per heavy atom. The third-order valence-electron chi connectivity index (χ3n) is 2.68. The van der Waals surface area contributed by atoms with Crippen molar-refractivity contribution in [3.05, 3.63) is 48.5 Å². The van der Waals surface area contributed by atoms with Crippen LogP contribution in [0.4, 0.5) is 0 Å². The standard InChI is InChI=1S/C13H16N4O2/c18-8-12(6-11-4-2-1-3-5-11)16-13(19)7-17-10-14-9-15-17/h1-5,9-10,12,18H,6-8H2,(H,16,19)/t12-/m0/s1. The second-order valence-corrected chi connectivity index (χ2v) is 4.23. The minimum atomic E-state index is -0.293. The maximum absolute atomic E-state index is 11.8. The predicted molar refractivity (Wildman–Crippen MR) is 69.2 cm³/mol. The fraction of sp³-hybridized carbons (Fsp3) is 0.308. The van der Waals surface area contributed by atoms with E-state index in [1.807, 2.05) is 30.3 Å². The van der Waals surface area contributed by atoms with Gasteiger partial charge in [0.2, 0.25) is 5.91 Å². The first kappa shape index (κ1) is 13.2. The second-order valence-electron chi connectivity index (χ2n) is 4.23. The number of carbonyl (C=O) groups is 1. The van der Waals surface area contributed by atoms with Crippen LogP contribution < -0.4 is 5.32 Å². The summed E-state index contributed by atoms with van der Waals surface area (Å²) < 4.78 is 1.44. The molecule has 0 saturated carbocycles. The predicted octanol–water partition coefficient (Wildman–Crippen LogP) is -0.00210. The number of aromatic nitrogens is 3. The average molecular weight is 260 g/mol. The quantitative estimate of drug-likeness (QED) is 0.766. The van der Waals surface area contributed by atoms with Gasteiger partial charge in [-0.25, -0.2) is 9.67 Å². The number of aliphatic hydroxyl groups is 1. The molecular formula is C13H16N4O2. The van der Waals surface area contributed by atoms with Crippen LogP contribution >= 0.6 is 0 Å². The third-order valence-corrected chi connectivity index (χ3v) is 2.68. The molecule has 0 fully saturated rings. The van der Waals surface area contributed by atoms with Crippen molar-refractivity contribution < 1.29 is 9.90 Å². The lowest BCUT2D eigenvalue weighted by Crippen LogP contribution is -2.40. The van der Waals surface area contributed by atoms with Gasteiger partial charge >= 0.3 is 0 Å². The van der Waals surface area contributed by atoms with Gasteiger partial charge in [-0.1, -0.05) is 30.3 Å². The first-order valence-corrected chi connectivity index (χ1v) is 6.04. The Morgan fingerprint density at radius 2 is 2.16 bits per heavy atom. The van der Waals surface area contributed by atoms with Gasteiger partial charge in [0.25, 0.3) is 0 Å². The second kappa shape index (κ2) is 6.65. The number of carbonyl (C=O) groups excluding carboxylic acids is 1. The zero-order valence-electron chi connectivity index (χ0n) is 10.4. The molecule has 0 aliphatic carbocycles. The molecule has 0 bridgehead atoms. The molecule has 6 heteroatoms. The van der Waals surface area contributed by atoms with Crippen molar-refractivity contribution in [2.24, 2.45) is 0 Å². The first-order chi connectivity index (χ1) is 9.28. The zero-order valence-corrected chi connectivity index (χ0v) is 10.4. The fourth-order valence-corrected chi connectivity index (χ4v) is 1.79. The first-order valence-electron chi connectivity index (χ1n) is 6.04. The molecule has 2 N–H and O–H groups in total. The smallest absolute Gasteiger partial charge is 0.242 e. The van der Waals surface area contributed by atoms with E-state index >= 15 is 0 Å². The van der Waals surface area contributed by atoms with Crippen molar-refractivity contribution in [1.82, 2.24) is 20.1 Å². The van der Waals surface area contributed by atoms with Crippen LogP contribution in [0.5, 0.6) is 0 Å². The van der Waals surface area contributed by atoms with E-state index in [0.717, 1.165) is 5.56 Å². The molecule has 19 heavy (non-hydrogen) atoms. The van der Waals surface area contributed by atoms with Gasteiger partial charge in [-0.3, -0.25) is 4.79 Å². The topological polar surface area (TPSA) is 80.0 Å². The lowest BCUT2D eigenvalue weighted by Gasteiger charge is -2.16. The number of hydrogen-bond acceptors (Lipinski definition) is 4. The fourth-order valence-electron chi connectivity index (χ4n) is 1.79. The van der Waals surface area contributed by atoms with E-state index in [4.69, 9.17) is 0 Å². The van der Waals surface area contributed by atoms with Gasteiger partial charge in [0.05, 0.1) is 12.6 Å². The molecule has 0 spiro atoms. The summed E-state index contributed by atoms with van der Waals surface area (Å²) in [6, 6.07) is 9.43. The van der Waals surface area contributed by atoms with Crippen molar-refractivity contribution in [3.8, 4) is 0 Å². The molecule has 0 aliphatic rings. The van der Waals surface area contributed by atoms with Gasteiger partial charge in [0.15, 0.2) is 0 Å². The molecule has 1 atom stereocenters. The monoisotopic (exact) mass is 260 g/mol. The summed E-state index contributed by atoms with van der Waals surface area (Å²) >= 11 is 0. The highest BCUT2D eigenvalue weighted by atomic mass is 16.3. The Bertz CT molecular complexity index is 499. The Morgan fingerprint density at radius 3 is 2.79 bits per heavy atom. The van der Waals surface area contributed by atoms with Gasteiger partial charge in [-0.15, -0.1) is 0 Å². The molecule has 0 aliphatic heterocycles. The normalized spacial score (nSPS) is 12.1. The molecule has 2 rings (SSSR count). The summed E-state index contributed by atoms with van der Waals surface area (Å²) in [5, 5.41) is 15.9. The molecule has 1 aromatic carbocycles. The maximum atomic E-state index is 11.8. The number of rotatable bonds is 6. The Kier molecular flexibility index (Phi) is 4.63. The van der Waals surface area contributed by atoms with Crippen LogP contribution in [0, 0.1) is 0 Å². The number of nitrogens with zero attached hydrogens (tertiary/aromatic N) is 3. The van der Waals surface area contributed by atoms with Crippen LogP contribution in [-0.2, 0) is 17.8 Å². The molecule has 6 nitrogen and oxygen atoms in total. The van der Waals surface area contributed by atoms with Crippen molar-refractivity contribution in [2.45, 2.75) is 19.0 Å². The molecule has 0 saturated heterocycles. The summed E-state index contributed by atoms with van der Waals surface area (Å²) in [5.74, 6) is -0.194. The highest BCUT2D eigenvalue weighted by Crippen LogP contribution is 2.02. The lowest BCUT2D eigenvalue weighted by atomic mass is 10.1. The van der Waals surface area contributed by atoms with E-state index in [1.54, 1.807) is 0 Å². The number of amides is 1. The number of nitrogens with one attached hydrogen (secondary N) is 1. The molecule has 1 aromatic heterocycles. The SMILES string of the molecule is O=C(Cn1cncn1)N[C@H](CO)Cc1ccccc1. The molecular weight excluding hydrogens is 244 g/mol. The number of aliphatic hydroxyl groups excluding tert-OH is 1. The molecule has 0 unspecified atom stereocenters. The van der Waals surface area contributed by atoms with Crippen molar-refractivity contribution in [3.63, 3.8) is 0 Å². The average Bonchev–Trinajstić information content (AvgIpc) is 2.92. The van der Waals surface area contributed by atoms with Gasteiger partial charge in [0.1, 0.15) is 19.2 Å². The van der Waals surface area contributed by atoms with Crippen LogP contribution in [0.1, 0.15) is 5.56 Å². The minimum absolute atomic E-state index is 0.0992. The Balaban J connectivity index is 1.86. The van der Waals surface area contributed by atoms with Gasteiger partial charge in [0, 0.05) is 0 Å². The largest absolute Gasteiger partial charge is 0.394 e. The summed E-state index contributed by atoms with van der Waals surface area (Å²) in [7, 11) is 0. The van der Waals surface area contributed by atoms with Crippen molar-refractivity contribution in [2.75, 3.05) is 6.61 Å². The van der Waals surface area contributed by atoms with E-state index < -0.39 is 0 Å². The van der Waals surface area contributed by atoms with Crippen LogP contribution in [0.25, 0.3) is 0 Å². The highest BCUT2D eigenvalue weighted by molar-refractivity contribution is 5.75. The summed E-state index contributed by atoms with van der Waals surface area (Å²) in [5.41, 5.74) is 1.07. The third kappa shape index (κ3) is 4.18. The highest BCUT2D eigenvalue weighted by Gasteiger charge is 2.12. The van der Waals surface area contributed by atoms with Gasteiger partial charge < -0.3 is 10.4 Å². The van der Waals surface area contributed by atoms with Crippen LogP contribution in [0.15, 0.2) is 43.0 Å². The molecule has 1 heterocycles. The van der Waals surface area contributed by atoms with E-state index in [0.29, 0.717) is 6.42 Å². The van der Waals surface area contributed by atoms with E-state index in [1.165, 1.54) is 17.3 Å². The van der Waals surface area contributed by atoms with E-state index in [2.05, 4.69) is 15.4 Å². The zero-order chi connectivity index (χ0) is 13.5. The van der Waals surface area contributed by atoms with Gasteiger partial charge in [-0.2, -0.15) is 5.10 Å². The van der Waals surface area contributed by atoms with Gasteiger partial charge in [-0.05, 0) is 12.0 Å². The number of benzene rings is 1. The molecule has 0 radical (unpaired) electrons. The number of hydrogen-bond donors (Lipinski definition) is 2. The summed E-state index contributed by atoms with van der Waals surface area (Å²) in [6.45, 7) is 0.00326. The van der Waals surface area contributed by atoms with Crippen LogP contribution in [0.2, 0.25) is 0 Å². The van der Waals surface area contributed by atoms with Crippen LogP contribution in [-0.4, -0.2) is 38.4 Å². The van der Waals surface area contributed by atoms with Crippen molar-refractivity contribution >= 4 is 5.91 Å². The summed E-state index contributed by atoms with van der Waals surface area (Å²) in [4.78, 5) is 15.5. The summed E-state index contributed by atoms with van der Waals surface area (Å²) in [6.07, 6.45) is 3.45. The molecule has 2 aromatic rings. The molecule has 1 amide bonds. The minimum Gasteiger partial charge on any atom is -0.394 e. The molecule has 100 valence electrons. The van der Waals surface area contributed by atoms with Crippen LogP contribution in [0.3, 0.4) is 0 Å². The van der Waals surface area contributed by atoms with E-state index in [9.17, 15) is 9.90 Å². The lowest BCUT2D eigenvalue weighted by molar-refractivity contribution is -0.122. The Hall–Kier alpha value is -2.21. The Labute approximate surface area is 111 Å². The maximum Gasteiger partial charge on any atom is 0.242 e. The van der Waals surface area contributed by atoms with Crippen molar-refractivity contribution in [1.29, 1.82) is 0 Å². The van der Waals surface area contributed by atoms with E-state index in [-0.39, 0.29) is 25.1 Å².